The van der Waals surface area contributed by atoms with E-state index in [1.54, 1.807) is 4.90 Å². The first-order chi connectivity index (χ1) is 17.2. The molecular weight excluding hydrogens is 456 g/mol. The lowest BCUT2D eigenvalue weighted by Gasteiger charge is -2.24. The van der Waals surface area contributed by atoms with Crippen molar-refractivity contribution in [2.75, 3.05) is 6.54 Å². The number of aromatic nitrogens is 2. The second-order valence-corrected chi connectivity index (χ2v) is 10.2. The molecule has 0 bridgehead atoms. The molecule has 8 heteroatoms. The summed E-state index contributed by atoms with van der Waals surface area (Å²) >= 11 is 0. The molecule has 1 aromatic heterocycles. The van der Waals surface area contributed by atoms with Gasteiger partial charge in [0, 0.05) is 25.9 Å². The molecule has 0 saturated carbocycles. The standard InChI is InChI=1S/C28H34N4O4/c1-28(2,3)36-26(34)17-19-9-4-5-10-20(19)18-29-27(35)23-13-8-16-32(23)25(33)15-14-24-30-21-11-6-7-12-22(21)31-24/h4-7,9-12,23H,8,13-18H2,1-3H3,(H,29,35)(H,30,31)/t23-/m0/s1. The Morgan fingerprint density at radius 1 is 1.08 bits per heavy atom. The predicted octanol–water partition coefficient (Wildman–Crippen LogP) is 3.69. The summed E-state index contributed by atoms with van der Waals surface area (Å²) < 4.78 is 5.44. The minimum Gasteiger partial charge on any atom is -0.460 e. The number of ether oxygens (including phenoxy) is 1. The molecule has 0 unspecified atom stereocenters. The summed E-state index contributed by atoms with van der Waals surface area (Å²) in [6.45, 7) is 6.37. The highest BCUT2D eigenvalue weighted by atomic mass is 16.6. The van der Waals surface area contributed by atoms with E-state index in [1.165, 1.54) is 0 Å². The van der Waals surface area contributed by atoms with Crippen LogP contribution in [0.25, 0.3) is 11.0 Å². The number of hydrogen-bond donors (Lipinski definition) is 2. The number of imidazole rings is 1. The molecule has 8 nitrogen and oxygen atoms in total. The number of nitrogens with one attached hydrogen (secondary N) is 2. The maximum absolute atomic E-state index is 13.0. The summed E-state index contributed by atoms with van der Waals surface area (Å²) in [4.78, 5) is 47.8. The number of likely N-dealkylation sites (tertiary alicyclic amines) is 1. The summed E-state index contributed by atoms with van der Waals surface area (Å²) in [7, 11) is 0. The first-order valence-corrected chi connectivity index (χ1v) is 12.5. The highest BCUT2D eigenvalue weighted by Crippen LogP contribution is 2.20. The van der Waals surface area contributed by atoms with Gasteiger partial charge in [-0.3, -0.25) is 14.4 Å². The molecule has 2 amide bonds. The van der Waals surface area contributed by atoms with Gasteiger partial charge in [-0.2, -0.15) is 0 Å². The molecule has 1 atom stereocenters. The first-order valence-electron chi connectivity index (χ1n) is 12.5. The molecular formula is C28H34N4O4. The van der Waals surface area contributed by atoms with Crippen LogP contribution in [0.15, 0.2) is 48.5 Å². The average molecular weight is 491 g/mol. The molecule has 1 aliphatic heterocycles. The van der Waals surface area contributed by atoms with Gasteiger partial charge in [-0.05, 0) is 56.9 Å². The van der Waals surface area contributed by atoms with Crippen molar-refractivity contribution in [3.63, 3.8) is 0 Å². The van der Waals surface area contributed by atoms with Crippen molar-refractivity contribution in [3.8, 4) is 0 Å². The zero-order valence-corrected chi connectivity index (χ0v) is 21.2. The van der Waals surface area contributed by atoms with Gasteiger partial charge in [-0.1, -0.05) is 36.4 Å². The molecule has 1 aliphatic rings. The number of para-hydroxylation sites is 2. The van der Waals surface area contributed by atoms with Crippen LogP contribution in [0.4, 0.5) is 0 Å². The summed E-state index contributed by atoms with van der Waals surface area (Å²) in [6.07, 6.45) is 2.36. The van der Waals surface area contributed by atoms with E-state index in [1.807, 2.05) is 69.3 Å². The Kier molecular flexibility index (Phi) is 7.72. The number of esters is 1. The fourth-order valence-corrected chi connectivity index (χ4v) is 4.57. The van der Waals surface area contributed by atoms with Gasteiger partial charge in [0.25, 0.3) is 0 Å². The van der Waals surface area contributed by atoms with Crippen molar-refractivity contribution >= 4 is 28.8 Å². The van der Waals surface area contributed by atoms with E-state index in [0.717, 1.165) is 34.4 Å². The van der Waals surface area contributed by atoms with E-state index in [9.17, 15) is 14.4 Å². The molecule has 0 radical (unpaired) electrons. The highest BCUT2D eigenvalue weighted by Gasteiger charge is 2.33. The predicted molar refractivity (Wildman–Crippen MR) is 137 cm³/mol. The van der Waals surface area contributed by atoms with E-state index >= 15 is 0 Å². The van der Waals surface area contributed by atoms with E-state index in [-0.39, 0.29) is 30.7 Å². The SMILES string of the molecule is CC(C)(C)OC(=O)Cc1ccccc1CNC(=O)[C@@H]1CCCN1C(=O)CCc1nc2ccccc2[nH]1. The maximum Gasteiger partial charge on any atom is 0.310 e. The van der Waals surface area contributed by atoms with Crippen molar-refractivity contribution in [1.29, 1.82) is 0 Å². The number of nitrogens with zero attached hydrogens (tertiary/aromatic N) is 2. The fraction of sp³-hybridized carbons (Fsp3) is 0.429. The molecule has 190 valence electrons. The third-order valence-corrected chi connectivity index (χ3v) is 6.22. The van der Waals surface area contributed by atoms with Gasteiger partial charge in [0.2, 0.25) is 11.8 Å². The number of amides is 2. The average Bonchev–Trinajstić information content (AvgIpc) is 3.47. The van der Waals surface area contributed by atoms with Crippen LogP contribution in [0.1, 0.15) is 57.0 Å². The summed E-state index contributed by atoms with van der Waals surface area (Å²) in [5, 5.41) is 2.98. The molecule has 2 heterocycles. The Morgan fingerprint density at radius 3 is 2.56 bits per heavy atom. The lowest BCUT2D eigenvalue weighted by atomic mass is 10.0. The molecule has 4 rings (SSSR count). The van der Waals surface area contributed by atoms with Gasteiger partial charge in [-0.15, -0.1) is 0 Å². The van der Waals surface area contributed by atoms with Gasteiger partial charge in [-0.25, -0.2) is 4.98 Å². The minimum absolute atomic E-state index is 0.0431. The number of carbonyl (C=O) groups excluding carboxylic acids is 3. The van der Waals surface area contributed by atoms with E-state index < -0.39 is 11.6 Å². The fourth-order valence-electron chi connectivity index (χ4n) is 4.57. The van der Waals surface area contributed by atoms with Crippen molar-refractivity contribution in [2.24, 2.45) is 0 Å². The molecule has 2 N–H and O–H groups in total. The zero-order valence-electron chi connectivity index (χ0n) is 21.2. The van der Waals surface area contributed by atoms with Gasteiger partial charge < -0.3 is 19.9 Å². The van der Waals surface area contributed by atoms with Crippen LogP contribution in [0, 0.1) is 0 Å². The smallest absolute Gasteiger partial charge is 0.310 e. The van der Waals surface area contributed by atoms with Gasteiger partial charge >= 0.3 is 5.97 Å². The molecule has 3 aromatic rings. The van der Waals surface area contributed by atoms with Gasteiger partial charge in [0.05, 0.1) is 17.5 Å². The second-order valence-electron chi connectivity index (χ2n) is 10.2. The normalized spacial score (nSPS) is 15.8. The van der Waals surface area contributed by atoms with Crippen LogP contribution in [0.2, 0.25) is 0 Å². The molecule has 2 aromatic carbocycles. The topological polar surface area (TPSA) is 104 Å². The van der Waals surface area contributed by atoms with Crippen LogP contribution in [-0.4, -0.2) is 50.8 Å². The number of H-pyrrole nitrogens is 1. The Morgan fingerprint density at radius 2 is 1.81 bits per heavy atom. The molecule has 1 fully saturated rings. The molecule has 0 spiro atoms. The lowest BCUT2D eigenvalue weighted by Crippen LogP contribution is -2.45. The van der Waals surface area contributed by atoms with Crippen molar-refractivity contribution in [1.82, 2.24) is 20.2 Å². The number of aryl methyl sites for hydroxylation is 1. The monoisotopic (exact) mass is 490 g/mol. The van der Waals surface area contributed by atoms with Crippen LogP contribution < -0.4 is 5.32 Å². The van der Waals surface area contributed by atoms with E-state index in [0.29, 0.717) is 25.8 Å². The highest BCUT2D eigenvalue weighted by molar-refractivity contribution is 5.88. The van der Waals surface area contributed by atoms with E-state index in [4.69, 9.17) is 4.74 Å². The molecule has 36 heavy (non-hydrogen) atoms. The molecule has 0 aliphatic carbocycles. The zero-order chi connectivity index (χ0) is 25.7. The summed E-state index contributed by atoms with van der Waals surface area (Å²) in [5.74, 6) is 0.250. The quantitative estimate of drug-likeness (QED) is 0.469. The largest absolute Gasteiger partial charge is 0.460 e. The van der Waals surface area contributed by atoms with Gasteiger partial charge in [0.1, 0.15) is 17.5 Å². The Balaban J connectivity index is 1.32. The first kappa shape index (κ1) is 25.4. The summed E-state index contributed by atoms with van der Waals surface area (Å²) in [6, 6.07) is 14.8. The number of fused-ring (bicyclic) bond motifs is 1. The Labute approximate surface area is 211 Å². The second kappa shape index (κ2) is 10.9. The van der Waals surface area contributed by atoms with Crippen LogP contribution in [0.3, 0.4) is 0 Å². The number of benzene rings is 2. The molecule has 1 saturated heterocycles. The number of aromatic amines is 1. The van der Waals surface area contributed by atoms with Gasteiger partial charge in [0.15, 0.2) is 0 Å². The van der Waals surface area contributed by atoms with Crippen molar-refractivity contribution < 1.29 is 19.1 Å². The van der Waals surface area contributed by atoms with Crippen LogP contribution >= 0.6 is 0 Å². The van der Waals surface area contributed by atoms with Crippen LogP contribution in [0.5, 0.6) is 0 Å². The maximum atomic E-state index is 13.0. The van der Waals surface area contributed by atoms with Crippen molar-refractivity contribution in [3.05, 3.63) is 65.5 Å². The number of carbonyl (C=O) groups is 3. The number of hydrogen-bond acceptors (Lipinski definition) is 5. The number of rotatable bonds is 8. The third kappa shape index (κ3) is 6.50. The Bertz CT molecular complexity index is 1210. The Hall–Kier alpha value is -3.68. The van der Waals surface area contributed by atoms with E-state index in [2.05, 4.69) is 15.3 Å². The van der Waals surface area contributed by atoms with Crippen molar-refractivity contribution in [2.45, 2.75) is 71.1 Å². The third-order valence-electron chi connectivity index (χ3n) is 6.22. The van der Waals surface area contributed by atoms with Crippen LogP contribution in [-0.2, 0) is 38.5 Å². The minimum atomic E-state index is -0.552. The summed E-state index contributed by atoms with van der Waals surface area (Å²) in [5.41, 5.74) is 2.95. The lowest BCUT2D eigenvalue weighted by molar-refractivity contribution is -0.153.